The van der Waals surface area contributed by atoms with Crippen LogP contribution in [0.4, 0.5) is 0 Å². The maximum atomic E-state index is 9.05. The molecule has 0 aromatic rings. The van der Waals surface area contributed by atoms with Gasteiger partial charge in [0.25, 0.3) is 0 Å². The molecule has 0 amide bonds. The van der Waals surface area contributed by atoms with E-state index in [1.807, 2.05) is 13.8 Å². The van der Waals surface area contributed by atoms with Crippen molar-refractivity contribution in [2.24, 2.45) is 22.4 Å². The number of allylic oxidation sites excluding steroid dienone is 2. The van der Waals surface area contributed by atoms with E-state index in [4.69, 9.17) is 19.4 Å². The van der Waals surface area contributed by atoms with Crippen molar-refractivity contribution in [2.45, 2.75) is 90.8 Å². The lowest BCUT2D eigenvalue weighted by molar-refractivity contribution is 0.0478. The van der Waals surface area contributed by atoms with Crippen LogP contribution in [0.3, 0.4) is 0 Å². The third-order valence-electron chi connectivity index (χ3n) is 6.42. The molecule has 0 saturated carbocycles. The Kier molecular flexibility index (Phi) is 9.80. The molecule has 2 aliphatic rings. The Morgan fingerprint density at radius 2 is 1.89 bits per heavy atom. The van der Waals surface area contributed by atoms with Crippen LogP contribution in [0.2, 0.25) is 0 Å². The lowest BCUT2D eigenvalue weighted by atomic mass is 9.78. The number of hydrogen-bond acceptors (Lipinski definition) is 5. The van der Waals surface area contributed by atoms with E-state index in [0.29, 0.717) is 29.9 Å². The van der Waals surface area contributed by atoms with Crippen LogP contribution in [0.15, 0.2) is 17.3 Å². The van der Waals surface area contributed by atoms with E-state index in [1.165, 1.54) is 38.5 Å². The van der Waals surface area contributed by atoms with Gasteiger partial charge in [0.2, 0.25) is 5.90 Å². The van der Waals surface area contributed by atoms with Gasteiger partial charge in [-0.15, -0.1) is 0 Å². The normalized spacial score (nSPS) is 27.8. The minimum atomic E-state index is -0.266. The van der Waals surface area contributed by atoms with E-state index in [0.717, 1.165) is 32.5 Å². The van der Waals surface area contributed by atoms with Gasteiger partial charge in [-0.1, -0.05) is 57.3 Å². The van der Waals surface area contributed by atoms with Gasteiger partial charge < -0.3 is 19.4 Å². The van der Waals surface area contributed by atoms with Gasteiger partial charge >= 0.3 is 0 Å². The Morgan fingerprint density at radius 1 is 1.14 bits per heavy atom. The van der Waals surface area contributed by atoms with E-state index in [-0.39, 0.29) is 5.41 Å². The Hall–Kier alpha value is -1.07. The standard InChI is InChI=1S/C23H41NO4/c1-5-6-7-11-16-27-17-19-18(20-13-14-21(19)28-20)12-9-8-10-15-23(2,3)22(24-25)26-4/h8-9,18-21,25H,5-7,10-17H2,1-4H3/b9-8-,24-22?/t18-,19+,20-,21+/m0/s1. The summed E-state index contributed by atoms with van der Waals surface area (Å²) in [5.41, 5.74) is -0.266. The first-order valence-corrected chi connectivity index (χ1v) is 11.2. The zero-order valence-electron chi connectivity index (χ0n) is 18.4. The average Bonchev–Trinajstić information content (AvgIpc) is 3.27. The van der Waals surface area contributed by atoms with Crippen molar-refractivity contribution in [3.8, 4) is 0 Å². The number of unbranched alkanes of at least 4 members (excludes halogenated alkanes) is 3. The van der Waals surface area contributed by atoms with Crippen molar-refractivity contribution >= 4 is 5.90 Å². The Balaban J connectivity index is 1.73. The molecular weight excluding hydrogens is 354 g/mol. The number of nitrogens with zero attached hydrogens (tertiary/aromatic N) is 1. The summed E-state index contributed by atoms with van der Waals surface area (Å²) in [4.78, 5) is 0. The molecule has 162 valence electrons. The summed E-state index contributed by atoms with van der Waals surface area (Å²) < 4.78 is 17.4. The number of hydrogen-bond donors (Lipinski definition) is 1. The first kappa shape index (κ1) is 23.2. The van der Waals surface area contributed by atoms with Gasteiger partial charge in [-0.25, -0.2) is 0 Å². The van der Waals surface area contributed by atoms with Crippen LogP contribution in [0.1, 0.15) is 78.6 Å². The summed E-state index contributed by atoms with van der Waals surface area (Å²) in [5, 5.41) is 12.3. The fourth-order valence-corrected chi connectivity index (χ4v) is 4.65. The number of rotatable bonds is 13. The van der Waals surface area contributed by atoms with Crippen LogP contribution < -0.4 is 0 Å². The summed E-state index contributed by atoms with van der Waals surface area (Å²) in [6.45, 7) is 8.06. The van der Waals surface area contributed by atoms with E-state index >= 15 is 0 Å². The second kappa shape index (κ2) is 11.8. The summed E-state index contributed by atoms with van der Waals surface area (Å²) in [5.74, 6) is 1.53. The fraction of sp³-hybridized carbons (Fsp3) is 0.870. The van der Waals surface area contributed by atoms with Gasteiger partial charge in [0.1, 0.15) is 0 Å². The molecule has 0 aromatic heterocycles. The largest absolute Gasteiger partial charge is 0.482 e. The van der Waals surface area contributed by atoms with E-state index in [1.54, 1.807) is 7.11 Å². The molecular formula is C23H41NO4. The van der Waals surface area contributed by atoms with Gasteiger partial charge in [-0.2, -0.15) is 0 Å². The SMILES string of the molecule is CCCCCCOC[C@@H]1[C@H](C/C=C\CCC(C)(C)C(=NO)OC)[C@@H]2CC[C@H]1O2. The second-order valence-corrected chi connectivity index (χ2v) is 8.99. The van der Waals surface area contributed by atoms with Crippen molar-refractivity contribution in [3.63, 3.8) is 0 Å². The predicted molar refractivity (Wildman–Crippen MR) is 113 cm³/mol. The summed E-state index contributed by atoms with van der Waals surface area (Å²) in [6, 6.07) is 0. The predicted octanol–water partition coefficient (Wildman–Crippen LogP) is 5.56. The van der Waals surface area contributed by atoms with Gasteiger partial charge in [0.05, 0.1) is 25.9 Å². The van der Waals surface area contributed by atoms with Gasteiger partial charge in [0, 0.05) is 17.9 Å². The number of fused-ring (bicyclic) bond motifs is 2. The smallest absolute Gasteiger partial charge is 0.230 e. The number of oxime groups is 1. The molecule has 2 aliphatic heterocycles. The quantitative estimate of drug-likeness (QED) is 0.111. The summed E-state index contributed by atoms with van der Waals surface area (Å²) in [6.07, 6.45) is 15.7. The molecule has 0 unspecified atom stereocenters. The lowest BCUT2D eigenvalue weighted by Crippen LogP contribution is -2.30. The maximum absolute atomic E-state index is 9.05. The molecule has 2 saturated heterocycles. The molecule has 1 N–H and O–H groups in total. The number of methoxy groups -OCH3 is 1. The minimum absolute atomic E-state index is 0.266. The first-order chi connectivity index (χ1) is 13.5. The molecule has 2 rings (SSSR count). The Morgan fingerprint density at radius 3 is 2.57 bits per heavy atom. The van der Waals surface area contributed by atoms with Crippen LogP contribution in [0.5, 0.6) is 0 Å². The Bertz CT molecular complexity index is 503. The first-order valence-electron chi connectivity index (χ1n) is 11.2. The summed E-state index contributed by atoms with van der Waals surface area (Å²) >= 11 is 0. The highest BCUT2D eigenvalue weighted by molar-refractivity contribution is 5.81. The molecule has 2 bridgehead atoms. The number of ether oxygens (including phenoxy) is 3. The second-order valence-electron chi connectivity index (χ2n) is 8.99. The van der Waals surface area contributed by atoms with Crippen LogP contribution in [-0.4, -0.2) is 43.6 Å². The Labute approximate surface area is 171 Å². The van der Waals surface area contributed by atoms with E-state index in [2.05, 4.69) is 24.2 Å². The molecule has 2 heterocycles. The summed E-state index contributed by atoms with van der Waals surface area (Å²) in [7, 11) is 1.55. The van der Waals surface area contributed by atoms with E-state index in [9.17, 15) is 0 Å². The fourth-order valence-electron chi connectivity index (χ4n) is 4.65. The van der Waals surface area contributed by atoms with Crippen LogP contribution in [0, 0.1) is 17.3 Å². The zero-order chi connectivity index (χ0) is 20.4. The van der Waals surface area contributed by atoms with E-state index < -0.39 is 0 Å². The van der Waals surface area contributed by atoms with Crippen LogP contribution in [0.25, 0.3) is 0 Å². The van der Waals surface area contributed by atoms with Gasteiger partial charge in [-0.3, -0.25) is 0 Å². The average molecular weight is 396 g/mol. The molecule has 28 heavy (non-hydrogen) atoms. The third kappa shape index (κ3) is 6.48. The van der Waals surface area contributed by atoms with Crippen molar-refractivity contribution in [3.05, 3.63) is 12.2 Å². The van der Waals surface area contributed by atoms with Crippen molar-refractivity contribution in [1.82, 2.24) is 0 Å². The minimum Gasteiger partial charge on any atom is -0.482 e. The van der Waals surface area contributed by atoms with Gasteiger partial charge in [0.15, 0.2) is 0 Å². The molecule has 0 spiro atoms. The third-order valence-corrected chi connectivity index (χ3v) is 6.42. The topological polar surface area (TPSA) is 60.3 Å². The highest BCUT2D eigenvalue weighted by Gasteiger charge is 2.48. The monoisotopic (exact) mass is 395 g/mol. The molecule has 0 aromatic carbocycles. The molecule has 5 nitrogen and oxygen atoms in total. The molecule has 2 fully saturated rings. The van der Waals surface area contributed by atoms with Gasteiger partial charge in [-0.05, 0) is 44.4 Å². The van der Waals surface area contributed by atoms with Crippen molar-refractivity contribution in [1.29, 1.82) is 0 Å². The molecule has 0 aliphatic carbocycles. The molecule has 0 radical (unpaired) electrons. The molecule has 5 heteroatoms. The van der Waals surface area contributed by atoms with Crippen molar-refractivity contribution in [2.75, 3.05) is 20.3 Å². The molecule has 4 atom stereocenters. The zero-order valence-corrected chi connectivity index (χ0v) is 18.4. The van der Waals surface area contributed by atoms with Crippen LogP contribution in [-0.2, 0) is 14.2 Å². The van der Waals surface area contributed by atoms with Crippen LogP contribution >= 0.6 is 0 Å². The maximum Gasteiger partial charge on any atom is 0.230 e. The van der Waals surface area contributed by atoms with Crippen molar-refractivity contribution < 1.29 is 19.4 Å². The highest BCUT2D eigenvalue weighted by Crippen LogP contribution is 2.45. The highest BCUT2D eigenvalue weighted by atomic mass is 16.5. The lowest BCUT2D eigenvalue weighted by Gasteiger charge is -2.27.